The van der Waals surface area contributed by atoms with Gasteiger partial charge in [0.05, 0.1) is 13.4 Å². The SMILES string of the molecule is COC(=O)C(Br)CN(C)Cc1ccoc1C. The monoisotopic (exact) mass is 289 g/mol. The van der Waals surface area contributed by atoms with E-state index in [4.69, 9.17) is 4.42 Å². The second-order valence-electron chi connectivity index (χ2n) is 3.69. The molecule has 0 bridgehead atoms. The average molecular weight is 290 g/mol. The summed E-state index contributed by atoms with van der Waals surface area (Å²) < 4.78 is 9.85. The molecule has 1 aromatic rings. The molecule has 1 atom stereocenters. The fourth-order valence-electron chi connectivity index (χ4n) is 1.41. The first kappa shape index (κ1) is 13.3. The molecule has 5 heteroatoms. The zero-order chi connectivity index (χ0) is 12.1. The Bertz CT molecular complexity index is 351. The minimum Gasteiger partial charge on any atom is -0.469 e. The van der Waals surface area contributed by atoms with Gasteiger partial charge in [0.2, 0.25) is 0 Å². The smallest absolute Gasteiger partial charge is 0.320 e. The molecule has 1 rings (SSSR count). The van der Waals surface area contributed by atoms with Crippen molar-refractivity contribution >= 4 is 21.9 Å². The lowest BCUT2D eigenvalue weighted by molar-refractivity contribution is -0.140. The van der Waals surface area contributed by atoms with Crippen molar-refractivity contribution in [1.82, 2.24) is 4.90 Å². The van der Waals surface area contributed by atoms with Gasteiger partial charge in [-0.2, -0.15) is 0 Å². The van der Waals surface area contributed by atoms with Crippen LogP contribution < -0.4 is 0 Å². The highest BCUT2D eigenvalue weighted by Gasteiger charge is 2.17. The maximum absolute atomic E-state index is 11.2. The summed E-state index contributed by atoms with van der Waals surface area (Å²) in [5.41, 5.74) is 1.13. The van der Waals surface area contributed by atoms with E-state index >= 15 is 0 Å². The number of alkyl halides is 1. The van der Waals surface area contributed by atoms with Gasteiger partial charge < -0.3 is 14.1 Å². The van der Waals surface area contributed by atoms with Crippen LogP contribution in [0.4, 0.5) is 0 Å². The van der Waals surface area contributed by atoms with Gasteiger partial charge in [0.25, 0.3) is 0 Å². The summed E-state index contributed by atoms with van der Waals surface area (Å²) in [4.78, 5) is 12.9. The zero-order valence-corrected chi connectivity index (χ0v) is 11.3. The number of carbonyl (C=O) groups is 1. The van der Waals surface area contributed by atoms with E-state index in [0.717, 1.165) is 17.9 Å². The Balaban J connectivity index is 2.45. The van der Waals surface area contributed by atoms with Crippen molar-refractivity contribution in [3.8, 4) is 0 Å². The minimum atomic E-state index is -0.297. The molecule has 0 N–H and O–H groups in total. The van der Waals surface area contributed by atoms with Gasteiger partial charge in [0, 0.05) is 18.7 Å². The number of halogens is 1. The number of ether oxygens (including phenoxy) is 1. The average Bonchev–Trinajstić information content (AvgIpc) is 2.63. The van der Waals surface area contributed by atoms with Crippen LogP contribution in [0, 0.1) is 6.92 Å². The maximum Gasteiger partial charge on any atom is 0.320 e. The van der Waals surface area contributed by atoms with Crippen molar-refractivity contribution in [3.63, 3.8) is 0 Å². The molecule has 0 radical (unpaired) electrons. The van der Waals surface area contributed by atoms with E-state index in [1.807, 2.05) is 24.9 Å². The molecule has 4 nitrogen and oxygen atoms in total. The van der Waals surface area contributed by atoms with Crippen LogP contribution in [0.1, 0.15) is 11.3 Å². The van der Waals surface area contributed by atoms with Crippen LogP contribution >= 0.6 is 15.9 Å². The standard InChI is InChI=1S/C11H16BrNO3/c1-8-9(4-5-16-8)6-13(2)7-10(12)11(14)15-3/h4-5,10H,6-7H2,1-3H3. The third-order valence-corrected chi connectivity index (χ3v) is 3.00. The minimum absolute atomic E-state index is 0.254. The number of carbonyl (C=O) groups excluding carboxylic acids is 1. The van der Waals surface area contributed by atoms with Gasteiger partial charge in [0.1, 0.15) is 10.6 Å². The van der Waals surface area contributed by atoms with E-state index < -0.39 is 0 Å². The van der Waals surface area contributed by atoms with Crippen LogP contribution in [0.2, 0.25) is 0 Å². The molecule has 90 valence electrons. The fourth-order valence-corrected chi connectivity index (χ4v) is 2.09. The molecule has 0 saturated carbocycles. The molecule has 16 heavy (non-hydrogen) atoms. The van der Waals surface area contributed by atoms with Crippen LogP contribution in [0.25, 0.3) is 0 Å². The fraction of sp³-hybridized carbons (Fsp3) is 0.545. The highest BCUT2D eigenvalue weighted by atomic mass is 79.9. The number of hydrogen-bond donors (Lipinski definition) is 0. The van der Waals surface area contributed by atoms with E-state index in [1.165, 1.54) is 7.11 Å². The van der Waals surface area contributed by atoms with E-state index in [-0.39, 0.29) is 10.8 Å². The number of esters is 1. The molecule has 0 amide bonds. The van der Waals surface area contributed by atoms with E-state index in [0.29, 0.717) is 6.54 Å². The van der Waals surface area contributed by atoms with E-state index in [2.05, 4.69) is 20.7 Å². The molecule has 1 unspecified atom stereocenters. The Kier molecular flexibility index (Phi) is 5.02. The number of rotatable bonds is 5. The first-order valence-electron chi connectivity index (χ1n) is 4.98. The van der Waals surface area contributed by atoms with Crippen molar-refractivity contribution in [2.24, 2.45) is 0 Å². The summed E-state index contributed by atoms with van der Waals surface area (Å²) in [5.74, 6) is 0.659. The number of aryl methyl sites for hydroxylation is 1. The summed E-state index contributed by atoms with van der Waals surface area (Å²) in [6, 6.07) is 1.94. The Labute approximate surface area is 104 Å². The molecule has 0 aliphatic carbocycles. The van der Waals surface area contributed by atoms with E-state index in [9.17, 15) is 4.79 Å². The van der Waals surface area contributed by atoms with Crippen molar-refractivity contribution in [2.75, 3.05) is 20.7 Å². The lowest BCUT2D eigenvalue weighted by Gasteiger charge is -2.18. The third kappa shape index (κ3) is 3.64. The zero-order valence-electron chi connectivity index (χ0n) is 9.70. The highest BCUT2D eigenvalue weighted by Crippen LogP contribution is 2.12. The summed E-state index contributed by atoms with van der Waals surface area (Å²) in [7, 11) is 3.33. The molecule has 0 aromatic carbocycles. The predicted octanol–water partition coefficient (Wildman–Crippen LogP) is 1.96. The predicted molar refractivity (Wildman–Crippen MR) is 64.5 cm³/mol. The van der Waals surface area contributed by atoms with Crippen molar-refractivity contribution in [2.45, 2.75) is 18.3 Å². The summed E-state index contributed by atoms with van der Waals surface area (Å²) in [6.07, 6.45) is 1.67. The number of methoxy groups -OCH3 is 1. The lowest BCUT2D eigenvalue weighted by Crippen LogP contribution is -2.31. The highest BCUT2D eigenvalue weighted by molar-refractivity contribution is 9.10. The second kappa shape index (κ2) is 6.06. The Hall–Kier alpha value is -0.810. The summed E-state index contributed by atoms with van der Waals surface area (Å²) >= 11 is 3.29. The Morgan fingerprint density at radius 2 is 2.38 bits per heavy atom. The van der Waals surface area contributed by atoms with Gasteiger partial charge in [0.15, 0.2) is 0 Å². The topological polar surface area (TPSA) is 42.7 Å². The normalized spacial score (nSPS) is 12.8. The van der Waals surface area contributed by atoms with Crippen LogP contribution in [-0.2, 0) is 16.1 Å². The van der Waals surface area contributed by atoms with Gasteiger partial charge >= 0.3 is 5.97 Å². The van der Waals surface area contributed by atoms with E-state index in [1.54, 1.807) is 6.26 Å². The third-order valence-electron chi connectivity index (χ3n) is 2.34. The molecular weight excluding hydrogens is 274 g/mol. The number of nitrogens with zero attached hydrogens (tertiary/aromatic N) is 1. The maximum atomic E-state index is 11.2. The number of hydrogen-bond acceptors (Lipinski definition) is 4. The molecular formula is C11H16BrNO3. The molecule has 1 aromatic heterocycles. The van der Waals surface area contributed by atoms with Gasteiger partial charge in [-0.15, -0.1) is 0 Å². The Morgan fingerprint density at radius 3 is 2.88 bits per heavy atom. The van der Waals surface area contributed by atoms with Gasteiger partial charge in [-0.25, -0.2) is 0 Å². The van der Waals surface area contributed by atoms with Crippen molar-refractivity contribution in [3.05, 3.63) is 23.7 Å². The molecule has 1 heterocycles. The van der Waals surface area contributed by atoms with Crippen molar-refractivity contribution in [1.29, 1.82) is 0 Å². The first-order chi connectivity index (χ1) is 7.54. The van der Waals surface area contributed by atoms with Gasteiger partial charge in [-0.1, -0.05) is 15.9 Å². The van der Waals surface area contributed by atoms with Crippen LogP contribution in [0.5, 0.6) is 0 Å². The quantitative estimate of drug-likeness (QED) is 0.614. The van der Waals surface area contributed by atoms with Gasteiger partial charge in [-0.05, 0) is 20.0 Å². The summed E-state index contributed by atoms with van der Waals surface area (Å²) in [5, 5.41) is 0. The lowest BCUT2D eigenvalue weighted by atomic mass is 10.2. The number of furan rings is 1. The molecule has 0 spiro atoms. The second-order valence-corrected chi connectivity index (χ2v) is 4.79. The molecule has 0 aliphatic heterocycles. The first-order valence-corrected chi connectivity index (χ1v) is 5.89. The largest absolute Gasteiger partial charge is 0.469 e. The van der Waals surface area contributed by atoms with Crippen LogP contribution in [-0.4, -0.2) is 36.4 Å². The molecule has 0 aliphatic rings. The Morgan fingerprint density at radius 1 is 1.69 bits per heavy atom. The van der Waals surface area contributed by atoms with Gasteiger partial charge in [-0.3, -0.25) is 4.79 Å². The molecule has 0 fully saturated rings. The van der Waals surface area contributed by atoms with Crippen LogP contribution in [0.3, 0.4) is 0 Å². The van der Waals surface area contributed by atoms with Crippen LogP contribution in [0.15, 0.2) is 16.7 Å². The molecule has 0 saturated heterocycles. The summed E-state index contributed by atoms with van der Waals surface area (Å²) in [6.45, 7) is 3.27. The van der Waals surface area contributed by atoms with Crippen molar-refractivity contribution < 1.29 is 13.9 Å².